The van der Waals surface area contributed by atoms with Gasteiger partial charge in [-0.1, -0.05) is 5.21 Å². The molecule has 0 amide bonds. The average Bonchev–Trinajstić information content (AvgIpc) is 2.54. The van der Waals surface area contributed by atoms with Gasteiger partial charge in [-0.2, -0.15) is 0 Å². The van der Waals surface area contributed by atoms with Gasteiger partial charge in [0.15, 0.2) is 0 Å². The van der Waals surface area contributed by atoms with Crippen molar-refractivity contribution in [2.45, 2.75) is 0 Å². The molecule has 12 heavy (non-hydrogen) atoms. The standard InChI is InChI=1S/C7H5IN4/c8-7-5-12(11-10-7)6-2-1-3-9-4-6/h1-5H. The highest BCUT2D eigenvalue weighted by Crippen LogP contribution is 2.04. The number of hydrogen-bond acceptors (Lipinski definition) is 3. The molecule has 0 aliphatic carbocycles. The van der Waals surface area contributed by atoms with Crippen LogP contribution in [-0.4, -0.2) is 20.0 Å². The topological polar surface area (TPSA) is 43.6 Å². The Balaban J connectivity index is 2.45. The molecule has 0 fully saturated rings. The fourth-order valence-electron chi connectivity index (χ4n) is 0.859. The molecule has 0 atom stereocenters. The first-order valence-electron chi connectivity index (χ1n) is 3.34. The zero-order chi connectivity index (χ0) is 8.39. The van der Waals surface area contributed by atoms with Crippen molar-refractivity contribution in [2.75, 3.05) is 0 Å². The average molecular weight is 272 g/mol. The third kappa shape index (κ3) is 1.45. The van der Waals surface area contributed by atoms with Crippen molar-refractivity contribution in [3.8, 4) is 5.69 Å². The Morgan fingerprint density at radius 3 is 2.92 bits per heavy atom. The van der Waals surface area contributed by atoms with Crippen LogP contribution in [0.3, 0.4) is 0 Å². The van der Waals surface area contributed by atoms with E-state index in [0.717, 1.165) is 9.39 Å². The first-order chi connectivity index (χ1) is 5.86. The molecule has 0 aromatic carbocycles. The van der Waals surface area contributed by atoms with E-state index in [0.29, 0.717) is 0 Å². The zero-order valence-corrected chi connectivity index (χ0v) is 8.21. The van der Waals surface area contributed by atoms with E-state index in [4.69, 9.17) is 0 Å². The van der Waals surface area contributed by atoms with E-state index in [9.17, 15) is 0 Å². The SMILES string of the molecule is Ic1cn(-c2cccnc2)nn1. The molecular weight excluding hydrogens is 267 g/mol. The highest BCUT2D eigenvalue weighted by atomic mass is 127. The zero-order valence-electron chi connectivity index (χ0n) is 6.05. The quantitative estimate of drug-likeness (QED) is 0.734. The summed E-state index contributed by atoms with van der Waals surface area (Å²) in [4.78, 5) is 3.98. The minimum atomic E-state index is 0.872. The lowest BCUT2D eigenvalue weighted by molar-refractivity contribution is 0.798. The second-order valence-electron chi connectivity index (χ2n) is 2.20. The summed E-state index contributed by atoms with van der Waals surface area (Å²) in [6, 6.07) is 3.79. The van der Waals surface area contributed by atoms with E-state index in [1.165, 1.54) is 0 Å². The van der Waals surface area contributed by atoms with Crippen LogP contribution in [0.5, 0.6) is 0 Å². The predicted molar refractivity (Wildman–Crippen MR) is 51.9 cm³/mol. The van der Waals surface area contributed by atoms with Gasteiger partial charge >= 0.3 is 0 Å². The van der Waals surface area contributed by atoms with E-state index in [1.54, 1.807) is 17.1 Å². The van der Waals surface area contributed by atoms with Crippen molar-refractivity contribution in [1.29, 1.82) is 0 Å². The third-order valence-electron chi connectivity index (χ3n) is 1.38. The summed E-state index contributed by atoms with van der Waals surface area (Å²) in [5.41, 5.74) is 0.924. The molecule has 2 heterocycles. The first kappa shape index (κ1) is 7.66. The number of aromatic nitrogens is 4. The molecule has 5 heteroatoms. The molecule has 4 nitrogen and oxygen atoms in total. The molecule has 0 aliphatic heterocycles. The second kappa shape index (κ2) is 3.18. The van der Waals surface area contributed by atoms with Gasteiger partial charge in [-0.15, -0.1) is 5.10 Å². The van der Waals surface area contributed by atoms with Gasteiger partial charge in [0.05, 0.1) is 18.1 Å². The lowest BCUT2D eigenvalue weighted by Crippen LogP contribution is -1.94. The molecule has 0 N–H and O–H groups in total. The first-order valence-corrected chi connectivity index (χ1v) is 4.42. The molecule has 2 rings (SSSR count). The molecule has 0 unspecified atom stereocenters. The van der Waals surface area contributed by atoms with Gasteiger partial charge in [0, 0.05) is 6.20 Å². The van der Waals surface area contributed by atoms with Gasteiger partial charge < -0.3 is 0 Å². The summed E-state index contributed by atoms with van der Waals surface area (Å²) in [6.07, 6.45) is 5.31. The molecule has 0 bridgehead atoms. The summed E-state index contributed by atoms with van der Waals surface area (Å²) < 4.78 is 2.56. The number of rotatable bonds is 1. The Kier molecular flexibility index (Phi) is 2.03. The van der Waals surface area contributed by atoms with Crippen molar-refractivity contribution < 1.29 is 0 Å². The number of halogens is 1. The van der Waals surface area contributed by atoms with Crippen LogP contribution in [0.2, 0.25) is 0 Å². The van der Waals surface area contributed by atoms with Crippen molar-refractivity contribution in [3.05, 3.63) is 34.4 Å². The Morgan fingerprint density at radius 2 is 2.33 bits per heavy atom. The highest BCUT2D eigenvalue weighted by Gasteiger charge is 1.97. The molecule has 2 aromatic rings. The lowest BCUT2D eigenvalue weighted by Gasteiger charge is -1.95. The molecule has 0 radical (unpaired) electrons. The van der Waals surface area contributed by atoms with Crippen molar-refractivity contribution in [1.82, 2.24) is 20.0 Å². The monoisotopic (exact) mass is 272 g/mol. The van der Waals surface area contributed by atoms with Crippen molar-refractivity contribution in [3.63, 3.8) is 0 Å². The van der Waals surface area contributed by atoms with Gasteiger partial charge in [-0.25, -0.2) is 4.68 Å². The van der Waals surface area contributed by atoms with Gasteiger partial charge in [0.2, 0.25) is 0 Å². The second-order valence-corrected chi connectivity index (χ2v) is 3.30. The van der Waals surface area contributed by atoms with E-state index in [-0.39, 0.29) is 0 Å². The summed E-state index contributed by atoms with van der Waals surface area (Å²) in [5.74, 6) is 0. The highest BCUT2D eigenvalue weighted by molar-refractivity contribution is 14.1. The minimum absolute atomic E-state index is 0.872. The number of nitrogens with zero attached hydrogens (tertiary/aromatic N) is 4. The minimum Gasteiger partial charge on any atom is -0.262 e. The fourth-order valence-corrected chi connectivity index (χ4v) is 1.22. The van der Waals surface area contributed by atoms with Gasteiger partial charge in [-0.3, -0.25) is 4.98 Å². The van der Waals surface area contributed by atoms with E-state index >= 15 is 0 Å². The van der Waals surface area contributed by atoms with Crippen LogP contribution < -0.4 is 0 Å². The normalized spacial score (nSPS) is 10.1. The summed E-state index contributed by atoms with van der Waals surface area (Å²) in [5, 5.41) is 7.77. The van der Waals surface area contributed by atoms with E-state index < -0.39 is 0 Å². The Bertz CT molecular complexity index is 370. The maximum atomic E-state index is 3.98. The number of pyridine rings is 1. The maximum Gasteiger partial charge on any atom is 0.143 e. The van der Waals surface area contributed by atoms with Crippen LogP contribution in [0.15, 0.2) is 30.7 Å². The van der Waals surface area contributed by atoms with Crippen LogP contribution in [-0.2, 0) is 0 Å². The molecule has 2 aromatic heterocycles. The Morgan fingerprint density at radius 1 is 1.42 bits per heavy atom. The predicted octanol–water partition coefficient (Wildman–Crippen LogP) is 1.27. The van der Waals surface area contributed by atoms with Crippen LogP contribution in [0.25, 0.3) is 5.69 Å². The maximum absolute atomic E-state index is 3.98. The Labute approximate surface area is 82.8 Å². The largest absolute Gasteiger partial charge is 0.262 e. The number of hydrogen-bond donors (Lipinski definition) is 0. The molecule has 0 spiro atoms. The lowest BCUT2D eigenvalue weighted by atomic mass is 10.4. The van der Waals surface area contributed by atoms with Crippen molar-refractivity contribution >= 4 is 22.6 Å². The summed E-state index contributed by atoms with van der Waals surface area (Å²) in [6.45, 7) is 0. The van der Waals surface area contributed by atoms with E-state index in [1.807, 2.05) is 18.3 Å². The summed E-state index contributed by atoms with van der Waals surface area (Å²) >= 11 is 2.11. The van der Waals surface area contributed by atoms with Crippen LogP contribution in [0.4, 0.5) is 0 Å². The van der Waals surface area contributed by atoms with Crippen LogP contribution in [0, 0.1) is 3.70 Å². The Hall–Kier alpha value is -0.980. The molecule has 60 valence electrons. The molecule has 0 aliphatic rings. The summed E-state index contributed by atoms with van der Waals surface area (Å²) in [7, 11) is 0. The third-order valence-corrected chi connectivity index (χ3v) is 1.87. The van der Waals surface area contributed by atoms with Crippen LogP contribution in [0.1, 0.15) is 0 Å². The molecular formula is C7H5IN4. The smallest absolute Gasteiger partial charge is 0.143 e. The van der Waals surface area contributed by atoms with Crippen molar-refractivity contribution in [2.24, 2.45) is 0 Å². The van der Waals surface area contributed by atoms with E-state index in [2.05, 4.69) is 37.9 Å². The van der Waals surface area contributed by atoms with Gasteiger partial charge in [0.1, 0.15) is 3.70 Å². The van der Waals surface area contributed by atoms with Gasteiger partial charge in [0.25, 0.3) is 0 Å². The molecule has 0 saturated heterocycles. The van der Waals surface area contributed by atoms with Crippen LogP contribution >= 0.6 is 22.6 Å². The fraction of sp³-hybridized carbons (Fsp3) is 0. The molecule has 0 saturated carbocycles. The van der Waals surface area contributed by atoms with Gasteiger partial charge in [-0.05, 0) is 34.7 Å².